The lowest BCUT2D eigenvalue weighted by atomic mass is 10.1. The average Bonchev–Trinajstić information content (AvgIpc) is 2.38. The average molecular weight is 227 g/mol. The summed E-state index contributed by atoms with van der Waals surface area (Å²) in [7, 11) is 0. The lowest BCUT2D eigenvalue weighted by Gasteiger charge is -2.04. The molecule has 17 heavy (non-hydrogen) atoms. The largest absolute Gasteiger partial charge is 0.438 e. The Kier molecular flexibility index (Phi) is 3.28. The fraction of sp³-hybridized carbons (Fsp3) is 0.0769. The van der Waals surface area contributed by atoms with Crippen molar-refractivity contribution < 1.29 is 14.3 Å². The van der Waals surface area contributed by atoms with E-state index in [4.69, 9.17) is 4.74 Å². The lowest BCUT2D eigenvalue weighted by molar-refractivity contribution is 0.0520. The first kappa shape index (κ1) is 11.0. The highest BCUT2D eigenvalue weighted by Gasteiger charge is 2.10. The molecule has 0 aromatic heterocycles. The summed E-state index contributed by atoms with van der Waals surface area (Å²) in [5.74, 6) is -0.499. The molecule has 0 saturated heterocycles. The molecule has 0 unspecified atom stereocenters. The highest BCUT2D eigenvalue weighted by atomic mass is 16.5. The Balaban J connectivity index is 2.34. The van der Waals surface area contributed by atoms with E-state index in [1.165, 1.54) is 6.08 Å². The number of hydrogen-bond donors (Lipinski definition) is 0. The van der Waals surface area contributed by atoms with Gasteiger partial charge in [0.05, 0.1) is 5.56 Å². The van der Waals surface area contributed by atoms with Gasteiger partial charge in [0.1, 0.15) is 0 Å². The highest BCUT2D eigenvalue weighted by molar-refractivity contribution is 6.04. The van der Waals surface area contributed by atoms with Crippen LogP contribution >= 0.6 is 0 Å². The molecule has 0 fully saturated rings. The van der Waals surface area contributed by atoms with E-state index in [-0.39, 0.29) is 6.73 Å². The summed E-state index contributed by atoms with van der Waals surface area (Å²) in [6, 6.07) is 12.9. The summed E-state index contributed by atoms with van der Waals surface area (Å²) >= 11 is 0. The first-order valence-electron chi connectivity index (χ1n) is 5.01. The van der Waals surface area contributed by atoms with Crippen LogP contribution in [-0.2, 0) is 9.53 Å². The van der Waals surface area contributed by atoms with Gasteiger partial charge in [-0.05, 0) is 16.8 Å². The zero-order valence-corrected chi connectivity index (χ0v) is 8.92. The summed E-state index contributed by atoms with van der Waals surface area (Å²) in [6.07, 6.45) is 1.31. The van der Waals surface area contributed by atoms with E-state index in [9.17, 15) is 9.59 Å². The van der Waals surface area contributed by atoms with Crippen LogP contribution < -0.4 is 0 Å². The normalized spacial score (nSPS) is 9.65. The molecule has 0 spiro atoms. The van der Waals surface area contributed by atoms with Crippen LogP contribution in [0.25, 0.3) is 10.8 Å². The van der Waals surface area contributed by atoms with Gasteiger partial charge in [-0.2, -0.15) is 4.99 Å². The number of nitrogens with zero attached hydrogens (tertiary/aromatic N) is 1. The standard InChI is InChI=1S/C13H9NO3/c15-8-14-9-17-13(16)12-7-3-5-10-4-1-2-6-11(10)12/h1-7H,9H2. The zero-order valence-electron chi connectivity index (χ0n) is 8.92. The van der Waals surface area contributed by atoms with Crippen LogP contribution in [0.4, 0.5) is 0 Å². The summed E-state index contributed by atoms with van der Waals surface area (Å²) < 4.78 is 4.81. The van der Waals surface area contributed by atoms with Gasteiger partial charge in [-0.1, -0.05) is 36.4 Å². The summed E-state index contributed by atoms with van der Waals surface area (Å²) in [5.41, 5.74) is 0.462. The van der Waals surface area contributed by atoms with Crippen molar-refractivity contribution in [2.75, 3.05) is 6.73 Å². The first-order chi connectivity index (χ1) is 8.33. The van der Waals surface area contributed by atoms with Gasteiger partial charge in [0.25, 0.3) is 0 Å². The molecule has 0 atom stereocenters. The molecule has 4 nitrogen and oxygen atoms in total. The van der Waals surface area contributed by atoms with Gasteiger partial charge < -0.3 is 4.74 Å². The molecule has 2 aromatic carbocycles. The number of rotatable bonds is 3. The Hall–Kier alpha value is -2.45. The van der Waals surface area contributed by atoms with Crippen LogP contribution in [0.3, 0.4) is 0 Å². The van der Waals surface area contributed by atoms with Crippen LogP contribution in [0.2, 0.25) is 0 Å². The number of hydrogen-bond acceptors (Lipinski definition) is 4. The van der Waals surface area contributed by atoms with Gasteiger partial charge >= 0.3 is 5.97 Å². The molecule has 0 saturated carbocycles. The Bertz CT molecular complexity index is 595. The molecule has 4 heteroatoms. The van der Waals surface area contributed by atoms with Crippen molar-refractivity contribution in [1.82, 2.24) is 0 Å². The van der Waals surface area contributed by atoms with E-state index in [1.54, 1.807) is 12.1 Å². The van der Waals surface area contributed by atoms with Gasteiger partial charge in [0, 0.05) is 0 Å². The van der Waals surface area contributed by atoms with Gasteiger partial charge in [-0.3, -0.25) is 0 Å². The second-order valence-electron chi connectivity index (χ2n) is 3.34. The molecule has 0 aliphatic heterocycles. The van der Waals surface area contributed by atoms with Gasteiger partial charge in [0.2, 0.25) is 6.08 Å². The Morgan fingerprint density at radius 3 is 2.76 bits per heavy atom. The second-order valence-corrected chi connectivity index (χ2v) is 3.34. The third-order valence-electron chi connectivity index (χ3n) is 2.33. The Morgan fingerprint density at radius 1 is 1.18 bits per heavy atom. The lowest BCUT2D eigenvalue weighted by Crippen LogP contribution is -2.05. The quantitative estimate of drug-likeness (QED) is 0.459. The van der Waals surface area contributed by atoms with Crippen molar-refractivity contribution in [3.63, 3.8) is 0 Å². The molecule has 0 aliphatic carbocycles. The third-order valence-corrected chi connectivity index (χ3v) is 2.33. The molecule has 0 radical (unpaired) electrons. The number of esters is 1. The topological polar surface area (TPSA) is 55.7 Å². The van der Waals surface area contributed by atoms with Crippen LogP contribution in [-0.4, -0.2) is 18.8 Å². The number of carbonyl (C=O) groups excluding carboxylic acids is 2. The molecule has 2 rings (SSSR count). The van der Waals surface area contributed by atoms with Gasteiger partial charge in [-0.25, -0.2) is 9.59 Å². The molecular formula is C13H9NO3. The minimum atomic E-state index is -0.499. The van der Waals surface area contributed by atoms with Crippen molar-refractivity contribution in [2.24, 2.45) is 4.99 Å². The van der Waals surface area contributed by atoms with E-state index >= 15 is 0 Å². The number of carbonyl (C=O) groups is 1. The second kappa shape index (κ2) is 5.05. The van der Waals surface area contributed by atoms with Crippen molar-refractivity contribution in [2.45, 2.75) is 0 Å². The maximum absolute atomic E-state index is 11.7. The van der Waals surface area contributed by atoms with Gasteiger partial charge in [0.15, 0.2) is 6.73 Å². The highest BCUT2D eigenvalue weighted by Crippen LogP contribution is 2.19. The first-order valence-corrected chi connectivity index (χ1v) is 5.01. The maximum atomic E-state index is 11.7. The number of fused-ring (bicyclic) bond motifs is 1. The summed E-state index contributed by atoms with van der Waals surface area (Å²) in [5, 5.41) is 1.77. The molecule has 0 heterocycles. The van der Waals surface area contributed by atoms with E-state index in [2.05, 4.69) is 4.99 Å². The van der Waals surface area contributed by atoms with Crippen LogP contribution in [0.15, 0.2) is 47.5 Å². The van der Waals surface area contributed by atoms with Crippen molar-refractivity contribution >= 4 is 22.8 Å². The monoisotopic (exact) mass is 227 g/mol. The van der Waals surface area contributed by atoms with E-state index in [0.29, 0.717) is 5.56 Å². The predicted molar refractivity (Wildman–Crippen MR) is 62.4 cm³/mol. The van der Waals surface area contributed by atoms with Crippen molar-refractivity contribution in [1.29, 1.82) is 0 Å². The van der Waals surface area contributed by atoms with Crippen molar-refractivity contribution in [3.8, 4) is 0 Å². The number of isocyanates is 1. The fourth-order valence-corrected chi connectivity index (χ4v) is 1.60. The third kappa shape index (κ3) is 2.38. The minimum absolute atomic E-state index is 0.300. The maximum Gasteiger partial charge on any atom is 0.340 e. The molecule has 0 aliphatic rings. The fourth-order valence-electron chi connectivity index (χ4n) is 1.60. The van der Waals surface area contributed by atoms with Crippen molar-refractivity contribution in [3.05, 3.63) is 48.0 Å². The smallest absolute Gasteiger partial charge is 0.340 e. The Morgan fingerprint density at radius 2 is 1.94 bits per heavy atom. The molecule has 0 amide bonds. The predicted octanol–water partition coefficient (Wildman–Crippen LogP) is 2.29. The summed E-state index contributed by atoms with van der Waals surface area (Å²) in [4.78, 5) is 24.7. The van der Waals surface area contributed by atoms with Crippen LogP contribution in [0.1, 0.15) is 10.4 Å². The molecule has 84 valence electrons. The Labute approximate surface area is 97.5 Å². The number of benzene rings is 2. The van der Waals surface area contributed by atoms with E-state index in [1.807, 2.05) is 30.3 Å². The zero-order chi connectivity index (χ0) is 12.1. The van der Waals surface area contributed by atoms with Crippen LogP contribution in [0, 0.1) is 0 Å². The molecule has 2 aromatic rings. The SMILES string of the molecule is O=C=NCOC(=O)c1cccc2ccccc12. The van der Waals surface area contributed by atoms with Gasteiger partial charge in [-0.15, -0.1) is 0 Å². The molecule has 0 N–H and O–H groups in total. The van der Waals surface area contributed by atoms with Crippen LogP contribution in [0.5, 0.6) is 0 Å². The van der Waals surface area contributed by atoms with E-state index < -0.39 is 5.97 Å². The molecular weight excluding hydrogens is 218 g/mol. The molecule has 0 bridgehead atoms. The number of ether oxygens (including phenoxy) is 1. The minimum Gasteiger partial charge on any atom is -0.438 e. The van der Waals surface area contributed by atoms with E-state index in [0.717, 1.165) is 10.8 Å². The number of aliphatic imine (C=N–C) groups is 1. The summed E-state index contributed by atoms with van der Waals surface area (Å²) in [6.45, 7) is -0.300.